The van der Waals surface area contributed by atoms with Crippen molar-refractivity contribution in [1.82, 2.24) is 0 Å². The SMILES string of the molecule is C[CH2][GeH]([I])[CH2]C. The van der Waals surface area contributed by atoms with Gasteiger partial charge in [-0.1, -0.05) is 0 Å². The molecule has 0 saturated heterocycles. The second-order valence-electron chi connectivity index (χ2n) is 1.41. The van der Waals surface area contributed by atoms with Crippen LogP contribution in [0.15, 0.2) is 0 Å². The molecule has 6 heavy (non-hydrogen) atoms. The van der Waals surface area contributed by atoms with Gasteiger partial charge >= 0.3 is 55.6 Å². The van der Waals surface area contributed by atoms with E-state index < -0.39 is 11.0 Å². The zero-order valence-corrected chi connectivity index (χ0v) is 8.95. The van der Waals surface area contributed by atoms with Crippen molar-refractivity contribution in [2.75, 3.05) is 0 Å². The molecule has 0 saturated carbocycles. The molecule has 0 atom stereocenters. The zero-order valence-electron chi connectivity index (χ0n) is 4.37. The van der Waals surface area contributed by atoms with E-state index in [2.05, 4.69) is 34.1 Å². The van der Waals surface area contributed by atoms with Crippen molar-refractivity contribution in [1.29, 1.82) is 0 Å². The topological polar surface area (TPSA) is 0 Å². The summed E-state index contributed by atoms with van der Waals surface area (Å²) in [4.78, 5) is 0. The third-order valence-corrected chi connectivity index (χ3v) is 13.8. The van der Waals surface area contributed by atoms with E-state index >= 15 is 0 Å². The Morgan fingerprint density at radius 2 is 1.67 bits per heavy atom. The summed E-state index contributed by atoms with van der Waals surface area (Å²) in [6.45, 7) is 4.61. The predicted molar refractivity (Wildman–Crippen MR) is 42.1 cm³/mol. The molecule has 0 heterocycles. The van der Waals surface area contributed by atoms with E-state index in [-0.39, 0.29) is 0 Å². The van der Waals surface area contributed by atoms with Crippen LogP contribution in [0.4, 0.5) is 0 Å². The van der Waals surface area contributed by atoms with Crippen molar-refractivity contribution < 1.29 is 0 Å². The average molecular weight is 259 g/mol. The molecule has 0 aliphatic rings. The maximum atomic E-state index is 2.66. The molecule has 0 amide bonds. The molecule has 0 aromatic carbocycles. The van der Waals surface area contributed by atoms with E-state index in [0.717, 1.165) is 0 Å². The summed E-state index contributed by atoms with van der Waals surface area (Å²) in [5.74, 6) is 0. The van der Waals surface area contributed by atoms with Crippen molar-refractivity contribution >= 4 is 31.3 Å². The Morgan fingerprint density at radius 3 is 1.67 bits per heavy atom. The van der Waals surface area contributed by atoms with Crippen molar-refractivity contribution in [3.8, 4) is 0 Å². The molecule has 0 rings (SSSR count). The van der Waals surface area contributed by atoms with Crippen molar-refractivity contribution in [3.05, 3.63) is 0 Å². The van der Waals surface area contributed by atoms with Gasteiger partial charge in [-0.15, -0.1) is 0 Å². The Kier molecular flexibility index (Phi) is 5.37. The molecular weight excluding hydrogens is 248 g/mol. The van der Waals surface area contributed by atoms with E-state index in [0.29, 0.717) is 0 Å². The Balaban J connectivity index is 2.75. The van der Waals surface area contributed by atoms with Crippen LogP contribution in [0.3, 0.4) is 0 Å². The van der Waals surface area contributed by atoms with E-state index in [1.807, 2.05) is 0 Å². The summed E-state index contributed by atoms with van der Waals surface area (Å²) < 4.78 is 0. The van der Waals surface area contributed by atoms with Gasteiger partial charge in [0.25, 0.3) is 0 Å². The summed E-state index contributed by atoms with van der Waals surface area (Å²) in [6.07, 6.45) is 0. The Morgan fingerprint density at radius 1 is 1.33 bits per heavy atom. The fourth-order valence-corrected chi connectivity index (χ4v) is 1.50. The molecule has 2 heteroatoms. The molecule has 0 aliphatic heterocycles. The minimum atomic E-state index is -0.574. The Hall–Kier alpha value is 1.27. The van der Waals surface area contributed by atoms with E-state index in [1.165, 1.54) is 10.5 Å². The van der Waals surface area contributed by atoms with Gasteiger partial charge in [-0.3, -0.25) is 0 Å². The third-order valence-electron chi connectivity index (χ3n) is 0.886. The number of hydrogen-bond acceptors (Lipinski definition) is 0. The average Bonchev–Trinajstić information content (AvgIpc) is 1.65. The molecule has 0 fully saturated rings. The first-order valence-corrected chi connectivity index (χ1v) is 13.3. The molecule has 0 aromatic rings. The molecule has 0 bridgehead atoms. The monoisotopic (exact) mass is 260 g/mol. The summed E-state index contributed by atoms with van der Waals surface area (Å²) in [5.41, 5.74) is 0. The van der Waals surface area contributed by atoms with Crippen molar-refractivity contribution in [2.45, 2.75) is 24.4 Å². The van der Waals surface area contributed by atoms with Crippen molar-refractivity contribution in [2.24, 2.45) is 0 Å². The van der Waals surface area contributed by atoms with Gasteiger partial charge in [0, 0.05) is 0 Å². The standard InChI is InChI=1S/C4H11GeI/c1-3-5(6)4-2/h5H,3-4H2,1-2H3. The second-order valence-corrected chi connectivity index (χ2v) is 16.5. The quantitative estimate of drug-likeness (QED) is 0.526. The van der Waals surface area contributed by atoms with Crippen LogP contribution < -0.4 is 0 Å². The fraction of sp³-hybridized carbons (Fsp3) is 1.00. The summed E-state index contributed by atoms with van der Waals surface area (Å²) in [6, 6.07) is 0. The zero-order chi connectivity index (χ0) is 4.99. The van der Waals surface area contributed by atoms with Gasteiger partial charge in [0.05, 0.1) is 0 Å². The van der Waals surface area contributed by atoms with Gasteiger partial charge in [0.1, 0.15) is 0 Å². The van der Waals surface area contributed by atoms with Crippen LogP contribution in [-0.2, 0) is 0 Å². The molecule has 0 nitrogen and oxygen atoms in total. The van der Waals surface area contributed by atoms with Crippen LogP contribution in [-0.4, -0.2) is 11.0 Å². The number of rotatable bonds is 2. The van der Waals surface area contributed by atoms with Crippen LogP contribution in [0.1, 0.15) is 13.8 Å². The van der Waals surface area contributed by atoms with Crippen LogP contribution in [0, 0.1) is 0 Å². The van der Waals surface area contributed by atoms with E-state index in [9.17, 15) is 0 Å². The molecule has 0 unspecified atom stereocenters. The van der Waals surface area contributed by atoms with Crippen molar-refractivity contribution in [3.63, 3.8) is 0 Å². The van der Waals surface area contributed by atoms with Crippen LogP contribution in [0.5, 0.6) is 0 Å². The van der Waals surface area contributed by atoms with Crippen LogP contribution in [0.25, 0.3) is 0 Å². The van der Waals surface area contributed by atoms with E-state index in [4.69, 9.17) is 0 Å². The molecule has 38 valence electrons. The Labute approximate surface area is 55.4 Å². The minimum absolute atomic E-state index is 0.574. The van der Waals surface area contributed by atoms with Gasteiger partial charge in [-0.05, 0) is 0 Å². The van der Waals surface area contributed by atoms with Gasteiger partial charge in [-0.2, -0.15) is 0 Å². The molecular formula is C4H11GeI. The first-order valence-electron chi connectivity index (χ1n) is 2.45. The van der Waals surface area contributed by atoms with Crippen LogP contribution in [0.2, 0.25) is 10.5 Å². The molecule has 0 aliphatic carbocycles. The summed E-state index contributed by atoms with van der Waals surface area (Å²) in [7, 11) is 0. The predicted octanol–water partition coefficient (Wildman–Crippen LogP) is 2.19. The van der Waals surface area contributed by atoms with Gasteiger partial charge in [0.15, 0.2) is 0 Å². The number of hydrogen-bond donors (Lipinski definition) is 0. The molecule has 0 radical (unpaired) electrons. The number of halogens is 1. The van der Waals surface area contributed by atoms with Gasteiger partial charge in [0.2, 0.25) is 0 Å². The maximum absolute atomic E-state index is 2.66. The molecule has 0 N–H and O–H groups in total. The molecule has 0 aromatic heterocycles. The first-order chi connectivity index (χ1) is 2.81. The second kappa shape index (κ2) is 4.43. The normalized spacial score (nSPS) is 10.0. The third kappa shape index (κ3) is 3.46. The first kappa shape index (κ1) is 7.27. The van der Waals surface area contributed by atoms with Gasteiger partial charge < -0.3 is 0 Å². The summed E-state index contributed by atoms with van der Waals surface area (Å²) >= 11 is 2.08. The van der Waals surface area contributed by atoms with E-state index in [1.54, 1.807) is 0 Å². The van der Waals surface area contributed by atoms with Gasteiger partial charge in [-0.25, -0.2) is 0 Å². The summed E-state index contributed by atoms with van der Waals surface area (Å²) in [5, 5.41) is 3.01. The molecule has 0 spiro atoms. The Bertz CT molecular complexity index is 26.7. The fourth-order valence-electron chi connectivity index (χ4n) is 0.289. The van der Waals surface area contributed by atoms with Crippen LogP contribution >= 0.6 is 20.2 Å².